The van der Waals surface area contributed by atoms with Crippen molar-refractivity contribution < 1.29 is 0 Å². The maximum Gasteiger partial charge on any atom is 0.191 e. The first-order chi connectivity index (χ1) is 9.66. The number of nitrogens with zero attached hydrogens (tertiary/aromatic N) is 2. The van der Waals surface area contributed by atoms with Crippen LogP contribution >= 0.6 is 12.2 Å². The van der Waals surface area contributed by atoms with Crippen LogP contribution in [0.25, 0.3) is 0 Å². The fourth-order valence-corrected chi connectivity index (χ4v) is 1.93. The molecule has 0 atom stereocenters. The third kappa shape index (κ3) is 3.86. The zero-order chi connectivity index (χ0) is 14.4. The molecule has 2 aromatic rings. The predicted octanol–water partition coefficient (Wildman–Crippen LogP) is 3.02. The van der Waals surface area contributed by atoms with Crippen molar-refractivity contribution in [2.45, 2.75) is 13.8 Å². The molecule has 0 fully saturated rings. The summed E-state index contributed by atoms with van der Waals surface area (Å²) in [4.78, 5) is 4.01. The highest BCUT2D eigenvalue weighted by Gasteiger charge is 2.03. The molecule has 2 rings (SSSR count). The largest absolute Gasteiger partial charge is 0.331 e. The lowest BCUT2D eigenvalue weighted by molar-refractivity contribution is 1.05. The zero-order valence-electron chi connectivity index (χ0n) is 11.4. The first-order valence-corrected chi connectivity index (χ1v) is 6.64. The van der Waals surface area contributed by atoms with Crippen molar-refractivity contribution in [3.8, 4) is 0 Å². The minimum atomic E-state index is 0.461. The Balaban J connectivity index is 1.95. The lowest BCUT2D eigenvalue weighted by Crippen LogP contribution is -2.24. The van der Waals surface area contributed by atoms with Gasteiger partial charge in [0.2, 0.25) is 0 Å². The van der Waals surface area contributed by atoms with Gasteiger partial charge in [-0.2, -0.15) is 5.10 Å². The van der Waals surface area contributed by atoms with Gasteiger partial charge in [0, 0.05) is 23.6 Å². The molecule has 0 bridgehead atoms. The lowest BCUT2D eigenvalue weighted by Gasteiger charge is -2.12. The number of para-hydroxylation sites is 1. The van der Waals surface area contributed by atoms with Gasteiger partial charge in [-0.1, -0.05) is 24.3 Å². The van der Waals surface area contributed by atoms with Crippen LogP contribution in [0.5, 0.6) is 0 Å². The summed E-state index contributed by atoms with van der Waals surface area (Å²) >= 11 is 5.22. The molecular formula is C15H16N4S. The molecule has 1 aromatic heterocycles. The molecule has 20 heavy (non-hydrogen) atoms. The van der Waals surface area contributed by atoms with Gasteiger partial charge in [0.1, 0.15) is 0 Å². The minimum Gasteiger partial charge on any atom is -0.331 e. The van der Waals surface area contributed by atoms with Gasteiger partial charge in [-0.15, -0.1) is 0 Å². The summed E-state index contributed by atoms with van der Waals surface area (Å²) in [6.07, 6.45) is 5.12. The topological polar surface area (TPSA) is 49.3 Å². The van der Waals surface area contributed by atoms with Crippen LogP contribution in [0.3, 0.4) is 0 Å². The van der Waals surface area contributed by atoms with Crippen molar-refractivity contribution in [3.63, 3.8) is 0 Å². The highest BCUT2D eigenvalue weighted by molar-refractivity contribution is 7.80. The van der Waals surface area contributed by atoms with Crippen LogP contribution in [0.1, 0.15) is 16.7 Å². The molecule has 1 heterocycles. The Bertz CT molecular complexity index is 603. The van der Waals surface area contributed by atoms with Crippen molar-refractivity contribution in [1.29, 1.82) is 0 Å². The molecule has 0 aliphatic heterocycles. The SMILES string of the molecule is Cc1cccc(C)c1NC(=S)NN=Cc1cccnc1. The van der Waals surface area contributed by atoms with Crippen LogP contribution in [-0.2, 0) is 0 Å². The molecule has 0 aliphatic rings. The second kappa shape index (κ2) is 6.77. The quantitative estimate of drug-likeness (QED) is 0.517. The van der Waals surface area contributed by atoms with Gasteiger partial charge in [-0.25, -0.2) is 0 Å². The zero-order valence-corrected chi connectivity index (χ0v) is 12.2. The molecule has 5 heteroatoms. The first kappa shape index (κ1) is 14.1. The van der Waals surface area contributed by atoms with E-state index in [-0.39, 0.29) is 0 Å². The van der Waals surface area contributed by atoms with E-state index >= 15 is 0 Å². The van der Waals surface area contributed by atoms with Gasteiger partial charge in [0.25, 0.3) is 0 Å². The van der Waals surface area contributed by atoms with Crippen molar-refractivity contribution in [3.05, 3.63) is 59.4 Å². The van der Waals surface area contributed by atoms with Gasteiger partial charge in [-0.3, -0.25) is 10.4 Å². The average Bonchev–Trinajstić information content (AvgIpc) is 2.44. The van der Waals surface area contributed by atoms with E-state index < -0.39 is 0 Å². The molecule has 0 radical (unpaired) electrons. The molecule has 2 N–H and O–H groups in total. The number of aromatic nitrogens is 1. The highest BCUT2D eigenvalue weighted by Crippen LogP contribution is 2.18. The van der Waals surface area contributed by atoms with Crippen LogP contribution < -0.4 is 10.7 Å². The first-order valence-electron chi connectivity index (χ1n) is 6.23. The van der Waals surface area contributed by atoms with Gasteiger partial charge in [-0.05, 0) is 43.3 Å². The molecule has 0 amide bonds. The second-order valence-corrected chi connectivity index (χ2v) is 4.79. The van der Waals surface area contributed by atoms with E-state index in [2.05, 4.69) is 20.8 Å². The summed E-state index contributed by atoms with van der Waals surface area (Å²) in [5.41, 5.74) is 7.01. The Morgan fingerprint density at radius 3 is 2.60 bits per heavy atom. The highest BCUT2D eigenvalue weighted by atomic mass is 32.1. The van der Waals surface area contributed by atoms with Crippen molar-refractivity contribution in [2.24, 2.45) is 5.10 Å². The average molecular weight is 284 g/mol. The van der Waals surface area contributed by atoms with E-state index in [1.165, 1.54) is 0 Å². The van der Waals surface area contributed by atoms with Crippen molar-refractivity contribution in [1.82, 2.24) is 10.4 Å². The predicted molar refractivity (Wildman–Crippen MR) is 87.1 cm³/mol. The number of hydrogen-bond acceptors (Lipinski definition) is 3. The Kier molecular flexibility index (Phi) is 4.79. The molecular weight excluding hydrogens is 268 g/mol. The third-order valence-corrected chi connectivity index (χ3v) is 2.98. The number of aryl methyl sites for hydroxylation is 2. The van der Waals surface area contributed by atoms with E-state index in [1.54, 1.807) is 18.6 Å². The number of hydrogen-bond donors (Lipinski definition) is 2. The number of hydrazone groups is 1. The van der Waals surface area contributed by atoms with Crippen molar-refractivity contribution >= 4 is 29.2 Å². The summed E-state index contributed by atoms with van der Waals surface area (Å²) < 4.78 is 0. The Morgan fingerprint density at radius 1 is 1.20 bits per heavy atom. The standard InChI is InChI=1S/C15H16N4S/c1-11-5-3-6-12(2)14(11)18-15(20)19-17-10-13-7-4-8-16-9-13/h3-10H,1-2H3,(H2,18,19,20). The third-order valence-electron chi connectivity index (χ3n) is 2.78. The van der Waals surface area contributed by atoms with E-state index in [9.17, 15) is 0 Å². The fraction of sp³-hybridized carbons (Fsp3) is 0.133. The number of pyridine rings is 1. The van der Waals surface area contributed by atoms with Crippen LogP contribution in [0.15, 0.2) is 47.8 Å². The van der Waals surface area contributed by atoms with Crippen molar-refractivity contribution in [2.75, 3.05) is 5.32 Å². The van der Waals surface area contributed by atoms with Crippen LogP contribution in [-0.4, -0.2) is 16.3 Å². The lowest BCUT2D eigenvalue weighted by atomic mass is 10.1. The Morgan fingerprint density at radius 2 is 1.95 bits per heavy atom. The number of anilines is 1. The molecule has 0 saturated carbocycles. The number of benzene rings is 1. The second-order valence-electron chi connectivity index (χ2n) is 4.38. The van der Waals surface area contributed by atoms with E-state index in [0.717, 1.165) is 22.4 Å². The molecule has 0 unspecified atom stereocenters. The minimum absolute atomic E-state index is 0.461. The smallest absolute Gasteiger partial charge is 0.191 e. The number of nitrogens with one attached hydrogen (secondary N) is 2. The van der Waals surface area contributed by atoms with Gasteiger partial charge in [0.05, 0.1) is 6.21 Å². The maximum absolute atomic E-state index is 5.22. The molecule has 0 spiro atoms. The Labute approximate surface area is 123 Å². The number of rotatable bonds is 3. The summed E-state index contributed by atoms with van der Waals surface area (Å²) in [7, 11) is 0. The van der Waals surface area contributed by atoms with Gasteiger partial charge >= 0.3 is 0 Å². The van der Waals surface area contributed by atoms with E-state index in [4.69, 9.17) is 12.2 Å². The van der Waals surface area contributed by atoms with Crippen LogP contribution in [0.4, 0.5) is 5.69 Å². The summed E-state index contributed by atoms with van der Waals surface area (Å²) in [5, 5.41) is 7.69. The van der Waals surface area contributed by atoms with Crippen LogP contribution in [0.2, 0.25) is 0 Å². The van der Waals surface area contributed by atoms with Gasteiger partial charge < -0.3 is 5.32 Å². The summed E-state index contributed by atoms with van der Waals surface area (Å²) in [6, 6.07) is 9.87. The normalized spacial score (nSPS) is 10.5. The monoisotopic (exact) mass is 284 g/mol. The molecule has 0 aliphatic carbocycles. The maximum atomic E-state index is 5.22. The van der Waals surface area contributed by atoms with Gasteiger partial charge in [0.15, 0.2) is 5.11 Å². The summed E-state index contributed by atoms with van der Waals surface area (Å²) in [6.45, 7) is 4.08. The summed E-state index contributed by atoms with van der Waals surface area (Å²) in [5.74, 6) is 0. The molecule has 0 saturated heterocycles. The van der Waals surface area contributed by atoms with Crippen LogP contribution in [0, 0.1) is 13.8 Å². The number of thiocarbonyl (C=S) groups is 1. The molecule has 102 valence electrons. The van der Waals surface area contributed by atoms with E-state index in [0.29, 0.717) is 5.11 Å². The van der Waals surface area contributed by atoms with E-state index in [1.807, 2.05) is 44.2 Å². The molecule has 4 nitrogen and oxygen atoms in total. The fourth-order valence-electron chi connectivity index (χ4n) is 1.77. The molecule has 1 aromatic carbocycles. The Hall–Kier alpha value is -2.27.